The summed E-state index contributed by atoms with van der Waals surface area (Å²) >= 11 is 0. The Kier molecular flexibility index (Phi) is 7.85. The number of nitrogens with one attached hydrogen (secondary N) is 2. The second-order valence-electron chi connectivity index (χ2n) is 6.90. The molecule has 3 amide bonds. The molecule has 0 aromatic heterocycles. The van der Waals surface area contributed by atoms with Crippen LogP contribution in [0.15, 0.2) is 84.9 Å². The van der Waals surface area contributed by atoms with E-state index in [1.54, 1.807) is 6.08 Å². The summed E-state index contributed by atoms with van der Waals surface area (Å²) in [7, 11) is 0. The Morgan fingerprint density at radius 2 is 1.64 bits per heavy atom. The fourth-order valence-corrected chi connectivity index (χ4v) is 2.91. The molecule has 33 heavy (non-hydrogen) atoms. The predicted octanol–water partition coefficient (Wildman–Crippen LogP) is 4.60. The summed E-state index contributed by atoms with van der Waals surface area (Å²) in [6.45, 7) is 0.248. The highest BCUT2D eigenvalue weighted by molar-refractivity contribution is 6.02. The van der Waals surface area contributed by atoms with Gasteiger partial charge in [0.1, 0.15) is 5.82 Å². The van der Waals surface area contributed by atoms with Gasteiger partial charge in [0.2, 0.25) is 5.91 Å². The molecule has 0 saturated carbocycles. The number of hydrogen-bond donors (Lipinski definition) is 2. The molecule has 0 saturated heterocycles. The van der Waals surface area contributed by atoms with Crippen molar-refractivity contribution in [3.8, 4) is 0 Å². The van der Waals surface area contributed by atoms with Gasteiger partial charge in [0.15, 0.2) is 0 Å². The zero-order valence-electron chi connectivity index (χ0n) is 17.5. The Balaban J connectivity index is 1.64. The standard InChI is InChI=1S/C24H21FN4O4/c25-19-7-11-21(12-8-19)28(24(31)27-20-9-13-22(14-10-20)29(32)33)17-16-26-23(30)15-6-18-4-2-1-3-5-18/h1-15H,16-17H2,(H,26,30)(H,27,31)/b15-6+. The molecule has 0 heterocycles. The Labute approximate surface area is 189 Å². The molecule has 0 spiro atoms. The number of hydrogen-bond acceptors (Lipinski definition) is 4. The zero-order valence-corrected chi connectivity index (χ0v) is 17.5. The van der Waals surface area contributed by atoms with E-state index in [9.17, 15) is 24.1 Å². The first kappa shape index (κ1) is 23.1. The first-order valence-electron chi connectivity index (χ1n) is 10.0. The first-order valence-corrected chi connectivity index (χ1v) is 10.0. The molecule has 0 aliphatic rings. The lowest BCUT2D eigenvalue weighted by Gasteiger charge is -2.23. The van der Waals surface area contributed by atoms with Gasteiger partial charge in [-0.15, -0.1) is 0 Å². The highest BCUT2D eigenvalue weighted by Crippen LogP contribution is 2.19. The summed E-state index contributed by atoms with van der Waals surface area (Å²) in [5.41, 5.74) is 1.55. The van der Waals surface area contributed by atoms with Crippen molar-refractivity contribution in [3.05, 3.63) is 106 Å². The van der Waals surface area contributed by atoms with E-state index >= 15 is 0 Å². The van der Waals surface area contributed by atoms with Gasteiger partial charge in [-0.05, 0) is 48.0 Å². The minimum Gasteiger partial charge on any atom is -0.351 e. The van der Waals surface area contributed by atoms with Gasteiger partial charge in [-0.1, -0.05) is 30.3 Å². The molecular formula is C24H21FN4O4. The van der Waals surface area contributed by atoms with Gasteiger partial charge >= 0.3 is 6.03 Å². The third-order valence-corrected chi connectivity index (χ3v) is 4.57. The average Bonchev–Trinajstić information content (AvgIpc) is 2.82. The molecule has 3 rings (SSSR count). The van der Waals surface area contributed by atoms with Gasteiger partial charge in [-0.3, -0.25) is 19.8 Å². The number of carbonyl (C=O) groups is 2. The molecule has 0 radical (unpaired) electrons. The van der Waals surface area contributed by atoms with E-state index in [1.165, 1.54) is 59.5 Å². The molecule has 168 valence electrons. The quantitative estimate of drug-likeness (QED) is 0.298. The Morgan fingerprint density at radius 3 is 2.27 bits per heavy atom. The lowest BCUT2D eigenvalue weighted by Crippen LogP contribution is -2.40. The number of urea groups is 1. The van der Waals surface area contributed by atoms with Crippen molar-refractivity contribution in [2.24, 2.45) is 0 Å². The number of rotatable bonds is 8. The van der Waals surface area contributed by atoms with Gasteiger partial charge in [0.25, 0.3) is 5.69 Å². The molecule has 9 heteroatoms. The largest absolute Gasteiger partial charge is 0.351 e. The van der Waals surface area contributed by atoms with E-state index in [-0.39, 0.29) is 24.7 Å². The first-order chi connectivity index (χ1) is 15.9. The molecule has 0 atom stereocenters. The van der Waals surface area contributed by atoms with Gasteiger partial charge in [-0.2, -0.15) is 0 Å². The van der Waals surface area contributed by atoms with E-state index in [0.29, 0.717) is 11.4 Å². The predicted molar refractivity (Wildman–Crippen MR) is 124 cm³/mol. The Morgan fingerprint density at radius 1 is 0.970 bits per heavy atom. The molecule has 8 nitrogen and oxygen atoms in total. The SMILES string of the molecule is O=C(/C=C/c1ccccc1)NCCN(C(=O)Nc1ccc([N+](=O)[O-])cc1)c1ccc(F)cc1. The second kappa shape index (κ2) is 11.2. The van der Waals surface area contributed by atoms with Crippen molar-refractivity contribution >= 4 is 35.1 Å². The van der Waals surface area contributed by atoms with Crippen LogP contribution in [0, 0.1) is 15.9 Å². The van der Waals surface area contributed by atoms with Crippen LogP contribution in [0.1, 0.15) is 5.56 Å². The third kappa shape index (κ3) is 7.00. The summed E-state index contributed by atoms with van der Waals surface area (Å²) in [6.07, 6.45) is 3.07. The van der Waals surface area contributed by atoms with E-state index in [1.807, 2.05) is 30.3 Å². The number of non-ortho nitro benzene ring substituents is 1. The summed E-state index contributed by atoms with van der Waals surface area (Å²) in [4.78, 5) is 36.6. The van der Waals surface area contributed by atoms with Gasteiger partial charge in [0.05, 0.1) is 4.92 Å². The average molecular weight is 448 g/mol. The summed E-state index contributed by atoms with van der Waals surface area (Å²) in [6, 6.07) is 19.5. The second-order valence-corrected chi connectivity index (χ2v) is 6.90. The molecule has 0 bridgehead atoms. The van der Waals surface area contributed by atoms with E-state index in [0.717, 1.165) is 5.56 Å². The molecule has 3 aromatic rings. The number of benzene rings is 3. The van der Waals surface area contributed by atoms with Crippen molar-refractivity contribution in [2.45, 2.75) is 0 Å². The molecule has 2 N–H and O–H groups in total. The maximum atomic E-state index is 13.3. The topological polar surface area (TPSA) is 105 Å². The van der Waals surface area contributed by atoms with E-state index in [4.69, 9.17) is 0 Å². The fourth-order valence-electron chi connectivity index (χ4n) is 2.91. The lowest BCUT2D eigenvalue weighted by atomic mass is 10.2. The molecular weight excluding hydrogens is 427 g/mol. The number of nitro groups is 1. The van der Waals surface area contributed by atoms with Gasteiger partial charge in [-0.25, -0.2) is 9.18 Å². The summed E-state index contributed by atoms with van der Waals surface area (Å²) < 4.78 is 13.3. The van der Waals surface area contributed by atoms with Gasteiger partial charge < -0.3 is 10.6 Å². The maximum absolute atomic E-state index is 13.3. The number of carbonyl (C=O) groups excluding carboxylic acids is 2. The van der Waals surface area contributed by atoms with Crippen molar-refractivity contribution in [3.63, 3.8) is 0 Å². The Hall–Kier alpha value is -4.53. The Bertz CT molecular complexity index is 1130. The van der Waals surface area contributed by atoms with E-state index in [2.05, 4.69) is 10.6 Å². The smallest absolute Gasteiger partial charge is 0.326 e. The molecule has 0 fully saturated rings. The van der Waals surface area contributed by atoms with Crippen LogP contribution in [0.3, 0.4) is 0 Å². The molecule has 0 unspecified atom stereocenters. The third-order valence-electron chi connectivity index (χ3n) is 4.57. The number of amides is 3. The number of anilines is 2. The van der Waals surface area contributed by atoms with Crippen molar-refractivity contribution < 1.29 is 18.9 Å². The van der Waals surface area contributed by atoms with Crippen LogP contribution in [-0.4, -0.2) is 30.0 Å². The van der Waals surface area contributed by atoms with Gasteiger partial charge in [0, 0.05) is 42.7 Å². The fraction of sp³-hybridized carbons (Fsp3) is 0.0833. The van der Waals surface area contributed by atoms with Crippen LogP contribution in [0.5, 0.6) is 0 Å². The van der Waals surface area contributed by atoms with E-state index < -0.39 is 16.8 Å². The molecule has 0 aliphatic heterocycles. The summed E-state index contributed by atoms with van der Waals surface area (Å²) in [5.74, 6) is -0.775. The highest BCUT2D eigenvalue weighted by Gasteiger charge is 2.17. The number of halogens is 1. The summed E-state index contributed by atoms with van der Waals surface area (Å²) in [5, 5.41) is 16.2. The van der Waals surface area contributed by atoms with Crippen LogP contribution >= 0.6 is 0 Å². The maximum Gasteiger partial charge on any atom is 0.326 e. The van der Waals surface area contributed by atoms with Crippen LogP contribution in [0.2, 0.25) is 0 Å². The number of nitro benzene ring substituents is 1. The molecule has 3 aromatic carbocycles. The highest BCUT2D eigenvalue weighted by atomic mass is 19.1. The zero-order chi connectivity index (χ0) is 23.6. The van der Waals surface area contributed by atoms with Crippen LogP contribution in [0.4, 0.5) is 26.2 Å². The normalized spacial score (nSPS) is 10.6. The van der Waals surface area contributed by atoms with Crippen molar-refractivity contribution in [2.75, 3.05) is 23.3 Å². The lowest BCUT2D eigenvalue weighted by molar-refractivity contribution is -0.384. The van der Waals surface area contributed by atoms with Crippen LogP contribution in [-0.2, 0) is 4.79 Å². The minimum absolute atomic E-state index is 0.102. The molecule has 0 aliphatic carbocycles. The minimum atomic E-state index is -0.537. The van der Waals surface area contributed by atoms with Crippen LogP contribution in [0.25, 0.3) is 6.08 Å². The van der Waals surface area contributed by atoms with Crippen molar-refractivity contribution in [1.29, 1.82) is 0 Å². The van der Waals surface area contributed by atoms with Crippen molar-refractivity contribution in [1.82, 2.24) is 5.32 Å². The van der Waals surface area contributed by atoms with Crippen LogP contribution < -0.4 is 15.5 Å². The number of nitrogens with zero attached hydrogens (tertiary/aromatic N) is 2. The monoisotopic (exact) mass is 448 g/mol.